The Balaban J connectivity index is 2.13. The minimum absolute atomic E-state index is 0.0155. The fourth-order valence-electron chi connectivity index (χ4n) is 2.08. The van der Waals surface area contributed by atoms with Gasteiger partial charge in [0.05, 0.1) is 18.6 Å². The second kappa shape index (κ2) is 8.11. The molecule has 0 unspecified atom stereocenters. The lowest BCUT2D eigenvalue weighted by molar-refractivity contribution is -0.384. The first-order valence-corrected chi connectivity index (χ1v) is 7.44. The molecule has 2 aromatic carbocycles. The molecule has 0 saturated carbocycles. The molecule has 0 saturated heterocycles. The maximum Gasteiger partial charge on any atom is 0.269 e. The van der Waals surface area contributed by atoms with Crippen LogP contribution in [-0.4, -0.2) is 43.5 Å². The molecule has 0 aliphatic carbocycles. The van der Waals surface area contributed by atoms with Crippen LogP contribution >= 0.6 is 0 Å². The number of anilines is 1. The zero-order valence-electron chi connectivity index (χ0n) is 14.2. The molecular formula is C17H19N3O5. The topological polar surface area (TPSA) is 93.9 Å². The molecule has 1 amide bonds. The Morgan fingerprint density at radius 3 is 2.40 bits per heavy atom. The van der Waals surface area contributed by atoms with E-state index in [9.17, 15) is 14.9 Å². The summed E-state index contributed by atoms with van der Waals surface area (Å²) in [6.45, 7) is 0.267. The van der Waals surface area contributed by atoms with Crippen molar-refractivity contribution in [3.8, 4) is 17.2 Å². The van der Waals surface area contributed by atoms with E-state index >= 15 is 0 Å². The van der Waals surface area contributed by atoms with Gasteiger partial charge in [-0.15, -0.1) is 0 Å². The van der Waals surface area contributed by atoms with Crippen molar-refractivity contribution in [1.29, 1.82) is 0 Å². The summed E-state index contributed by atoms with van der Waals surface area (Å²) in [4.78, 5) is 23.8. The lowest BCUT2D eigenvalue weighted by Crippen LogP contribution is -2.27. The fraction of sp³-hybridized carbons (Fsp3) is 0.235. The van der Waals surface area contributed by atoms with Gasteiger partial charge in [0.25, 0.3) is 5.69 Å². The summed E-state index contributed by atoms with van der Waals surface area (Å²) in [6, 6.07) is 10.7. The van der Waals surface area contributed by atoms with Gasteiger partial charge in [0, 0.05) is 23.9 Å². The highest BCUT2D eigenvalue weighted by molar-refractivity contribution is 5.92. The number of methoxy groups -OCH3 is 1. The average Bonchev–Trinajstić information content (AvgIpc) is 2.56. The van der Waals surface area contributed by atoms with Gasteiger partial charge in [-0.2, -0.15) is 0 Å². The average molecular weight is 345 g/mol. The molecule has 0 fully saturated rings. The molecular weight excluding hydrogens is 326 g/mol. The summed E-state index contributed by atoms with van der Waals surface area (Å²) in [5.41, 5.74) is 0.568. The Bertz CT molecular complexity index is 759. The van der Waals surface area contributed by atoms with Crippen molar-refractivity contribution in [2.24, 2.45) is 0 Å². The van der Waals surface area contributed by atoms with E-state index in [1.165, 1.54) is 31.4 Å². The maximum atomic E-state index is 11.8. The van der Waals surface area contributed by atoms with Crippen molar-refractivity contribution in [2.75, 3.05) is 33.1 Å². The first kappa shape index (κ1) is 18.2. The third-order valence-corrected chi connectivity index (χ3v) is 3.18. The van der Waals surface area contributed by atoms with Gasteiger partial charge >= 0.3 is 0 Å². The summed E-state index contributed by atoms with van der Waals surface area (Å²) in [6.07, 6.45) is 0. The summed E-state index contributed by atoms with van der Waals surface area (Å²) < 4.78 is 11.0. The normalized spacial score (nSPS) is 10.4. The van der Waals surface area contributed by atoms with Crippen LogP contribution in [0.3, 0.4) is 0 Å². The van der Waals surface area contributed by atoms with Crippen molar-refractivity contribution >= 4 is 17.3 Å². The number of carbonyl (C=O) groups excluding carboxylic acids is 1. The first-order chi connectivity index (χ1) is 11.9. The van der Waals surface area contributed by atoms with E-state index in [4.69, 9.17) is 9.47 Å². The number of nitro groups is 1. The molecule has 0 atom stereocenters. The highest BCUT2D eigenvalue weighted by atomic mass is 16.6. The molecule has 0 aliphatic heterocycles. The molecule has 0 heterocycles. The number of likely N-dealkylation sites (N-methyl/N-ethyl adjacent to an activating group) is 1. The molecule has 0 radical (unpaired) electrons. The van der Waals surface area contributed by atoms with E-state index < -0.39 is 4.92 Å². The third-order valence-electron chi connectivity index (χ3n) is 3.18. The van der Waals surface area contributed by atoms with Crippen LogP contribution < -0.4 is 14.8 Å². The number of hydrogen-bond acceptors (Lipinski definition) is 6. The molecule has 2 aromatic rings. The van der Waals surface area contributed by atoms with Crippen molar-refractivity contribution in [1.82, 2.24) is 4.90 Å². The highest BCUT2D eigenvalue weighted by Gasteiger charge is 2.11. The summed E-state index contributed by atoms with van der Waals surface area (Å²) in [7, 11) is 5.10. The Morgan fingerprint density at radius 2 is 1.84 bits per heavy atom. The standard InChI is InChI=1S/C17H19N3O5/c1-19(2)11-17(21)18-12-4-9-15(16(10-12)24-3)25-14-7-5-13(6-8-14)20(22)23/h4-10H,11H2,1-3H3,(H,18,21). The quantitative estimate of drug-likeness (QED) is 0.612. The molecule has 1 N–H and O–H groups in total. The SMILES string of the molecule is COc1cc(NC(=O)CN(C)C)ccc1Oc1ccc([N+](=O)[O-])cc1. The minimum Gasteiger partial charge on any atom is -0.493 e. The Labute approximate surface area is 145 Å². The third kappa shape index (κ3) is 5.18. The van der Waals surface area contributed by atoms with Crippen LogP contribution in [0.15, 0.2) is 42.5 Å². The van der Waals surface area contributed by atoms with Gasteiger partial charge in [-0.1, -0.05) is 0 Å². The van der Waals surface area contributed by atoms with Gasteiger partial charge < -0.3 is 19.7 Å². The van der Waals surface area contributed by atoms with Crippen LogP contribution in [0.5, 0.6) is 17.2 Å². The molecule has 0 aromatic heterocycles. The van der Waals surface area contributed by atoms with E-state index in [0.29, 0.717) is 22.9 Å². The number of carbonyl (C=O) groups is 1. The van der Waals surface area contributed by atoms with Crippen LogP contribution in [-0.2, 0) is 4.79 Å². The van der Waals surface area contributed by atoms with Crippen LogP contribution in [0.25, 0.3) is 0 Å². The zero-order valence-corrected chi connectivity index (χ0v) is 14.2. The van der Waals surface area contributed by atoms with Gasteiger partial charge in [0.15, 0.2) is 11.5 Å². The van der Waals surface area contributed by atoms with Crippen molar-refractivity contribution in [2.45, 2.75) is 0 Å². The van der Waals surface area contributed by atoms with Gasteiger partial charge in [-0.3, -0.25) is 14.9 Å². The summed E-state index contributed by atoms with van der Waals surface area (Å²) in [5.74, 6) is 1.16. The van der Waals surface area contributed by atoms with Crippen molar-refractivity contribution in [3.05, 3.63) is 52.6 Å². The number of amides is 1. The minimum atomic E-state index is -0.477. The number of non-ortho nitro benzene ring substituents is 1. The molecule has 0 spiro atoms. The smallest absolute Gasteiger partial charge is 0.269 e. The maximum absolute atomic E-state index is 11.8. The Morgan fingerprint density at radius 1 is 1.16 bits per heavy atom. The van der Waals surface area contributed by atoms with Gasteiger partial charge in [0.2, 0.25) is 5.91 Å². The van der Waals surface area contributed by atoms with E-state index in [0.717, 1.165) is 0 Å². The molecule has 8 heteroatoms. The van der Waals surface area contributed by atoms with E-state index in [-0.39, 0.29) is 18.1 Å². The molecule has 2 rings (SSSR count). The number of rotatable bonds is 7. The monoisotopic (exact) mass is 345 g/mol. The zero-order chi connectivity index (χ0) is 18.4. The van der Waals surface area contributed by atoms with Gasteiger partial charge in [0.1, 0.15) is 5.75 Å². The largest absolute Gasteiger partial charge is 0.493 e. The Hall–Kier alpha value is -3.13. The number of nitrogens with one attached hydrogen (secondary N) is 1. The van der Waals surface area contributed by atoms with Gasteiger partial charge in [-0.05, 0) is 38.4 Å². The van der Waals surface area contributed by atoms with Crippen LogP contribution in [0.4, 0.5) is 11.4 Å². The lowest BCUT2D eigenvalue weighted by Gasteiger charge is -2.13. The van der Waals surface area contributed by atoms with E-state index in [1.807, 2.05) is 0 Å². The molecule has 0 aliphatic rings. The molecule has 8 nitrogen and oxygen atoms in total. The van der Waals surface area contributed by atoms with E-state index in [1.54, 1.807) is 37.2 Å². The number of hydrogen-bond donors (Lipinski definition) is 1. The fourth-order valence-corrected chi connectivity index (χ4v) is 2.08. The first-order valence-electron chi connectivity index (χ1n) is 7.44. The number of nitrogens with zero attached hydrogens (tertiary/aromatic N) is 2. The van der Waals surface area contributed by atoms with Gasteiger partial charge in [-0.25, -0.2) is 0 Å². The predicted molar refractivity (Wildman–Crippen MR) is 93.3 cm³/mol. The number of nitro benzene ring substituents is 1. The van der Waals surface area contributed by atoms with E-state index in [2.05, 4.69) is 5.32 Å². The Kier molecular flexibility index (Phi) is 5.91. The lowest BCUT2D eigenvalue weighted by atomic mass is 10.2. The molecule has 132 valence electrons. The van der Waals surface area contributed by atoms with Crippen LogP contribution in [0.2, 0.25) is 0 Å². The molecule has 25 heavy (non-hydrogen) atoms. The second-order valence-corrected chi connectivity index (χ2v) is 5.50. The van der Waals surface area contributed by atoms with Crippen LogP contribution in [0, 0.1) is 10.1 Å². The van der Waals surface area contributed by atoms with Crippen LogP contribution in [0.1, 0.15) is 0 Å². The summed E-state index contributed by atoms with van der Waals surface area (Å²) >= 11 is 0. The number of ether oxygens (including phenoxy) is 2. The van der Waals surface area contributed by atoms with Crippen molar-refractivity contribution in [3.63, 3.8) is 0 Å². The predicted octanol–water partition coefficient (Wildman–Crippen LogP) is 2.90. The molecule has 0 bridgehead atoms. The van der Waals surface area contributed by atoms with Crippen molar-refractivity contribution < 1.29 is 19.2 Å². The number of benzene rings is 2. The highest BCUT2D eigenvalue weighted by Crippen LogP contribution is 2.34. The summed E-state index contributed by atoms with van der Waals surface area (Å²) in [5, 5.41) is 13.4. The second-order valence-electron chi connectivity index (χ2n) is 5.50.